The van der Waals surface area contributed by atoms with Crippen LogP contribution in [0.2, 0.25) is 0 Å². The van der Waals surface area contributed by atoms with Crippen LogP contribution in [-0.4, -0.2) is 19.7 Å². The van der Waals surface area contributed by atoms with Crippen molar-refractivity contribution in [3.63, 3.8) is 0 Å². The number of esters is 1. The zero-order valence-corrected chi connectivity index (χ0v) is 9.90. The van der Waals surface area contributed by atoms with Gasteiger partial charge in [-0.1, -0.05) is 6.07 Å². The highest BCUT2D eigenvalue weighted by molar-refractivity contribution is 5.70. The molecule has 0 spiro atoms. The smallest absolute Gasteiger partial charge is 0.307 e. The number of benzene rings is 1. The van der Waals surface area contributed by atoms with Gasteiger partial charge < -0.3 is 15.2 Å². The first-order chi connectivity index (χ1) is 8.10. The number of hydrogen-bond acceptors (Lipinski definition) is 4. The molecule has 1 rings (SSSR count). The van der Waals surface area contributed by atoms with E-state index >= 15 is 0 Å². The molecular weight excluding hydrogens is 225 g/mol. The highest BCUT2D eigenvalue weighted by Gasteiger charge is 2.20. The van der Waals surface area contributed by atoms with Gasteiger partial charge in [0.1, 0.15) is 11.6 Å². The van der Waals surface area contributed by atoms with E-state index in [0.717, 1.165) is 0 Å². The number of ether oxygens (including phenoxy) is 2. The lowest BCUT2D eigenvalue weighted by molar-refractivity contribution is -0.143. The number of rotatable bonds is 5. The average molecular weight is 241 g/mol. The quantitative estimate of drug-likeness (QED) is 0.798. The van der Waals surface area contributed by atoms with Gasteiger partial charge in [-0.25, -0.2) is 4.39 Å². The molecule has 0 saturated carbocycles. The Kier molecular flexibility index (Phi) is 4.90. The Balaban J connectivity index is 2.87. The largest absolute Gasteiger partial charge is 0.496 e. The van der Waals surface area contributed by atoms with Crippen molar-refractivity contribution in [3.05, 3.63) is 29.6 Å². The lowest BCUT2D eigenvalue weighted by atomic mass is 10.0. The van der Waals surface area contributed by atoms with E-state index < -0.39 is 17.8 Å². The minimum Gasteiger partial charge on any atom is -0.496 e. The highest BCUT2D eigenvalue weighted by Crippen LogP contribution is 2.28. The number of nitrogens with two attached hydrogens (primary N) is 1. The summed E-state index contributed by atoms with van der Waals surface area (Å²) in [5, 5.41) is 0. The fourth-order valence-corrected chi connectivity index (χ4v) is 1.56. The van der Waals surface area contributed by atoms with Crippen molar-refractivity contribution in [3.8, 4) is 5.75 Å². The van der Waals surface area contributed by atoms with Crippen LogP contribution in [0, 0.1) is 5.82 Å². The molecule has 0 aliphatic carbocycles. The van der Waals surface area contributed by atoms with Crippen LogP contribution in [-0.2, 0) is 9.53 Å². The molecule has 0 aliphatic rings. The second kappa shape index (κ2) is 6.20. The molecule has 17 heavy (non-hydrogen) atoms. The molecule has 0 aromatic heterocycles. The van der Waals surface area contributed by atoms with E-state index in [1.807, 2.05) is 0 Å². The Morgan fingerprint density at radius 2 is 2.24 bits per heavy atom. The lowest BCUT2D eigenvalue weighted by Gasteiger charge is -2.15. The first kappa shape index (κ1) is 13.4. The first-order valence-electron chi connectivity index (χ1n) is 5.33. The van der Waals surface area contributed by atoms with E-state index in [4.69, 9.17) is 15.2 Å². The molecule has 1 aromatic rings. The van der Waals surface area contributed by atoms with Gasteiger partial charge in [0.15, 0.2) is 0 Å². The molecule has 0 unspecified atom stereocenters. The topological polar surface area (TPSA) is 61.5 Å². The van der Waals surface area contributed by atoms with Crippen LogP contribution in [0.5, 0.6) is 5.75 Å². The van der Waals surface area contributed by atoms with E-state index in [2.05, 4.69) is 0 Å². The zero-order valence-electron chi connectivity index (χ0n) is 9.90. The second-order valence-corrected chi connectivity index (χ2v) is 3.47. The summed E-state index contributed by atoms with van der Waals surface area (Å²) in [6.07, 6.45) is -0.0782. The minimum atomic E-state index is -0.773. The normalized spacial score (nSPS) is 12.0. The molecule has 5 heteroatoms. The Morgan fingerprint density at radius 1 is 1.53 bits per heavy atom. The average Bonchev–Trinajstić information content (AvgIpc) is 2.28. The monoisotopic (exact) mass is 241 g/mol. The number of methoxy groups -OCH3 is 1. The van der Waals surface area contributed by atoms with Crippen LogP contribution in [0.3, 0.4) is 0 Å². The van der Waals surface area contributed by atoms with Gasteiger partial charge in [-0.15, -0.1) is 0 Å². The third kappa shape index (κ3) is 3.42. The van der Waals surface area contributed by atoms with Crippen LogP contribution < -0.4 is 10.5 Å². The van der Waals surface area contributed by atoms with Crippen molar-refractivity contribution in [1.82, 2.24) is 0 Å². The molecule has 0 radical (unpaired) electrons. The zero-order chi connectivity index (χ0) is 12.8. The first-order valence-corrected chi connectivity index (χ1v) is 5.33. The molecular formula is C12H16FNO3. The van der Waals surface area contributed by atoms with Crippen molar-refractivity contribution in [2.24, 2.45) is 5.73 Å². The van der Waals surface area contributed by atoms with Gasteiger partial charge in [-0.3, -0.25) is 4.79 Å². The summed E-state index contributed by atoms with van der Waals surface area (Å²) in [4.78, 5) is 11.3. The van der Waals surface area contributed by atoms with E-state index in [9.17, 15) is 9.18 Å². The summed E-state index contributed by atoms with van der Waals surface area (Å²) in [7, 11) is 1.43. The Bertz CT molecular complexity index is 395. The maximum absolute atomic E-state index is 13.6. The number of carbonyl (C=O) groups excluding carboxylic acids is 1. The Labute approximate surface area is 99.5 Å². The van der Waals surface area contributed by atoms with Gasteiger partial charge in [0.25, 0.3) is 0 Å². The summed E-state index contributed by atoms with van der Waals surface area (Å²) in [5.74, 6) is -0.603. The number of halogens is 1. The van der Waals surface area contributed by atoms with Crippen molar-refractivity contribution in [1.29, 1.82) is 0 Å². The predicted octanol–water partition coefficient (Wildman–Crippen LogP) is 1.79. The summed E-state index contributed by atoms with van der Waals surface area (Å²) < 4.78 is 23.4. The molecule has 0 heterocycles. The fraction of sp³-hybridized carbons (Fsp3) is 0.417. The maximum Gasteiger partial charge on any atom is 0.307 e. The third-order valence-electron chi connectivity index (χ3n) is 2.30. The SMILES string of the molecule is CCOC(=O)C[C@@H](N)c1c(F)cccc1OC. The summed E-state index contributed by atoms with van der Waals surface area (Å²) >= 11 is 0. The van der Waals surface area contributed by atoms with Crippen LogP contribution in [0.15, 0.2) is 18.2 Å². The molecule has 1 atom stereocenters. The standard InChI is InChI=1S/C12H16FNO3/c1-3-17-11(15)7-9(14)12-8(13)5-4-6-10(12)16-2/h4-6,9H,3,7,14H2,1-2H3/t9-/m1/s1. The molecule has 1 aromatic carbocycles. The molecule has 94 valence electrons. The van der Waals surface area contributed by atoms with Crippen molar-refractivity contribution < 1.29 is 18.7 Å². The van der Waals surface area contributed by atoms with Crippen LogP contribution >= 0.6 is 0 Å². The van der Waals surface area contributed by atoms with Gasteiger partial charge in [-0.2, -0.15) is 0 Å². The number of carbonyl (C=O) groups is 1. The highest BCUT2D eigenvalue weighted by atomic mass is 19.1. The summed E-state index contributed by atoms with van der Waals surface area (Å²) in [6.45, 7) is 1.98. The van der Waals surface area contributed by atoms with Crippen LogP contribution in [0.1, 0.15) is 24.9 Å². The molecule has 0 bridgehead atoms. The summed E-state index contributed by atoms with van der Waals surface area (Å²) in [5.41, 5.74) is 5.98. The van der Waals surface area contributed by atoms with Crippen molar-refractivity contribution in [2.75, 3.05) is 13.7 Å². The van der Waals surface area contributed by atoms with E-state index in [0.29, 0.717) is 5.75 Å². The third-order valence-corrected chi connectivity index (χ3v) is 2.30. The molecule has 0 aliphatic heterocycles. The molecule has 0 fully saturated rings. The molecule has 4 nitrogen and oxygen atoms in total. The Morgan fingerprint density at radius 3 is 2.82 bits per heavy atom. The molecule has 2 N–H and O–H groups in total. The van der Waals surface area contributed by atoms with Crippen molar-refractivity contribution >= 4 is 5.97 Å². The number of hydrogen-bond donors (Lipinski definition) is 1. The lowest BCUT2D eigenvalue weighted by Crippen LogP contribution is -2.19. The van der Waals surface area contributed by atoms with Gasteiger partial charge in [0, 0.05) is 11.6 Å². The minimum absolute atomic E-state index is 0.0782. The van der Waals surface area contributed by atoms with E-state index in [-0.39, 0.29) is 18.6 Å². The molecule has 0 amide bonds. The van der Waals surface area contributed by atoms with E-state index in [1.54, 1.807) is 13.0 Å². The van der Waals surface area contributed by atoms with Gasteiger partial charge in [0.05, 0.1) is 20.1 Å². The summed E-state index contributed by atoms with van der Waals surface area (Å²) in [6, 6.07) is 3.63. The molecule has 0 saturated heterocycles. The predicted molar refractivity (Wildman–Crippen MR) is 61.1 cm³/mol. The van der Waals surface area contributed by atoms with Crippen LogP contribution in [0.4, 0.5) is 4.39 Å². The second-order valence-electron chi connectivity index (χ2n) is 3.47. The van der Waals surface area contributed by atoms with Crippen molar-refractivity contribution in [2.45, 2.75) is 19.4 Å². The van der Waals surface area contributed by atoms with Crippen LogP contribution in [0.25, 0.3) is 0 Å². The van der Waals surface area contributed by atoms with E-state index in [1.165, 1.54) is 19.2 Å². The van der Waals surface area contributed by atoms with Gasteiger partial charge in [-0.05, 0) is 19.1 Å². The Hall–Kier alpha value is -1.62. The fourth-order valence-electron chi connectivity index (χ4n) is 1.56. The van der Waals surface area contributed by atoms with Gasteiger partial charge >= 0.3 is 5.97 Å². The van der Waals surface area contributed by atoms with Gasteiger partial charge in [0.2, 0.25) is 0 Å². The maximum atomic E-state index is 13.6.